The number of carbonyl (C=O) groups excluding carboxylic acids is 2. The minimum atomic E-state index is -0.0111. The van der Waals surface area contributed by atoms with Crippen molar-refractivity contribution < 1.29 is 9.59 Å². The Labute approximate surface area is 259 Å². The molecule has 226 valence electrons. The maximum atomic E-state index is 13.1. The molecule has 1 atom stereocenters. The van der Waals surface area contributed by atoms with E-state index in [9.17, 15) is 9.59 Å². The summed E-state index contributed by atoms with van der Waals surface area (Å²) in [5, 5.41) is 4.20. The first-order chi connectivity index (χ1) is 20.4. The van der Waals surface area contributed by atoms with Crippen molar-refractivity contribution in [3.05, 3.63) is 62.9 Å². The zero-order valence-corrected chi connectivity index (χ0v) is 26.2. The van der Waals surface area contributed by atoms with Crippen LogP contribution in [-0.4, -0.2) is 77.9 Å². The zero-order chi connectivity index (χ0) is 29.2. The van der Waals surface area contributed by atoms with Crippen molar-refractivity contribution in [2.45, 2.75) is 63.8 Å². The summed E-state index contributed by atoms with van der Waals surface area (Å²) >= 11 is 12.8. The molecule has 1 aromatic carbocycles. The summed E-state index contributed by atoms with van der Waals surface area (Å²) < 4.78 is 0. The van der Waals surface area contributed by atoms with Crippen LogP contribution < -0.4 is 5.32 Å². The highest BCUT2D eigenvalue weighted by molar-refractivity contribution is 6.30. The maximum Gasteiger partial charge on any atom is 0.317 e. The number of hydrogen-bond acceptors (Lipinski definition) is 4. The van der Waals surface area contributed by atoms with Gasteiger partial charge in [-0.3, -0.25) is 14.7 Å². The second-order valence-electron chi connectivity index (χ2n) is 12.7. The normalized spacial score (nSPS) is 22.8. The Morgan fingerprint density at radius 2 is 1.45 bits per heavy atom. The summed E-state index contributed by atoms with van der Waals surface area (Å²) in [6, 6.07) is 8.58. The van der Waals surface area contributed by atoms with Gasteiger partial charge in [0.15, 0.2) is 0 Å². The molecule has 4 heterocycles. The van der Waals surface area contributed by atoms with Crippen molar-refractivity contribution in [1.82, 2.24) is 25.0 Å². The number of nitrogens with zero attached hydrogens (tertiary/aromatic N) is 4. The molecule has 1 aromatic heterocycles. The van der Waals surface area contributed by atoms with Crippen molar-refractivity contribution in [2.24, 2.45) is 17.8 Å². The van der Waals surface area contributed by atoms with Gasteiger partial charge in [-0.1, -0.05) is 29.3 Å². The molecule has 1 N–H and O–H groups in total. The van der Waals surface area contributed by atoms with E-state index in [0.29, 0.717) is 35.1 Å². The second kappa shape index (κ2) is 13.1. The van der Waals surface area contributed by atoms with Crippen LogP contribution in [0.5, 0.6) is 0 Å². The fourth-order valence-corrected chi connectivity index (χ4v) is 8.30. The van der Waals surface area contributed by atoms with E-state index in [2.05, 4.69) is 33.3 Å². The first kappa shape index (κ1) is 29.7. The van der Waals surface area contributed by atoms with Gasteiger partial charge in [0, 0.05) is 50.9 Å². The van der Waals surface area contributed by atoms with Crippen LogP contribution in [0.2, 0.25) is 10.0 Å². The fourth-order valence-electron chi connectivity index (χ4n) is 7.93. The third-order valence-corrected chi connectivity index (χ3v) is 10.8. The Hall–Kier alpha value is -2.35. The molecule has 4 aliphatic rings. The molecule has 3 aliphatic heterocycles. The van der Waals surface area contributed by atoms with Gasteiger partial charge in [-0.25, -0.2) is 4.79 Å². The average Bonchev–Trinajstić information content (AvgIpc) is 3.17. The van der Waals surface area contributed by atoms with Crippen LogP contribution in [-0.2, 0) is 17.6 Å². The largest absolute Gasteiger partial charge is 0.343 e. The minimum Gasteiger partial charge on any atom is -0.343 e. The third-order valence-electron chi connectivity index (χ3n) is 10.4. The second-order valence-corrected chi connectivity index (χ2v) is 13.6. The number of halogens is 2. The van der Waals surface area contributed by atoms with Gasteiger partial charge in [0.1, 0.15) is 0 Å². The number of hydrogen-bond donors (Lipinski definition) is 1. The van der Waals surface area contributed by atoms with E-state index in [1.807, 2.05) is 11.0 Å². The van der Waals surface area contributed by atoms with Gasteiger partial charge in [0.25, 0.3) is 0 Å². The van der Waals surface area contributed by atoms with Crippen LogP contribution in [0.1, 0.15) is 73.4 Å². The van der Waals surface area contributed by atoms with Gasteiger partial charge in [-0.2, -0.15) is 0 Å². The fraction of sp³-hybridized carbons (Fsp3) is 0.606. The number of nitrogens with one attached hydrogen (secondary N) is 1. The lowest BCUT2D eigenvalue weighted by molar-refractivity contribution is -0.134. The number of amides is 3. The van der Waals surface area contributed by atoms with Gasteiger partial charge in [0.05, 0.1) is 16.8 Å². The van der Waals surface area contributed by atoms with Crippen LogP contribution in [0, 0.1) is 17.8 Å². The third kappa shape index (κ3) is 6.44. The van der Waals surface area contributed by atoms with Crippen molar-refractivity contribution in [3.63, 3.8) is 0 Å². The van der Waals surface area contributed by atoms with E-state index in [1.165, 1.54) is 29.5 Å². The molecule has 0 bridgehead atoms. The molecule has 9 heteroatoms. The lowest BCUT2D eigenvalue weighted by Crippen LogP contribution is -2.45. The summed E-state index contributed by atoms with van der Waals surface area (Å²) in [4.78, 5) is 36.5. The average molecular weight is 613 g/mol. The maximum absolute atomic E-state index is 13.1. The van der Waals surface area contributed by atoms with Crippen molar-refractivity contribution in [2.75, 3.05) is 46.3 Å². The first-order valence-electron chi connectivity index (χ1n) is 15.8. The number of carbonyl (C=O) groups is 2. The summed E-state index contributed by atoms with van der Waals surface area (Å²) in [6.07, 6.45) is 10.7. The molecule has 1 aliphatic carbocycles. The Balaban J connectivity index is 1.03. The van der Waals surface area contributed by atoms with Gasteiger partial charge >= 0.3 is 6.03 Å². The number of rotatable bonds is 4. The van der Waals surface area contributed by atoms with E-state index in [1.54, 1.807) is 13.2 Å². The molecule has 42 heavy (non-hydrogen) atoms. The Morgan fingerprint density at radius 1 is 0.833 bits per heavy atom. The molecule has 3 fully saturated rings. The predicted octanol–water partition coefficient (Wildman–Crippen LogP) is 5.97. The molecular weight excluding hydrogens is 569 g/mol. The van der Waals surface area contributed by atoms with Crippen molar-refractivity contribution in [3.8, 4) is 0 Å². The standard InChI is InChI=1S/C33H43Cl2N5O2/c1-36-33(42)40-12-6-22(7-13-40)18-30(41)38-14-8-23(9-15-38)24-10-16-39(17-11-24)32-29-5-4-27(34)19-25(29)2-3-26-20-28(35)21-37-31(26)32/h4-5,19-24,32H,2-3,6-18H2,1H3,(H,36,42). The van der Waals surface area contributed by atoms with Crippen LogP contribution >= 0.6 is 23.2 Å². The minimum absolute atomic E-state index is 0.0111. The van der Waals surface area contributed by atoms with Gasteiger partial charge < -0.3 is 15.1 Å². The molecule has 0 saturated carbocycles. The van der Waals surface area contributed by atoms with Crippen molar-refractivity contribution in [1.29, 1.82) is 0 Å². The Bertz CT molecular complexity index is 1230. The monoisotopic (exact) mass is 611 g/mol. The van der Waals surface area contributed by atoms with E-state index in [4.69, 9.17) is 28.2 Å². The number of aromatic nitrogens is 1. The van der Waals surface area contributed by atoms with E-state index in [0.717, 1.165) is 88.5 Å². The number of benzene rings is 1. The highest BCUT2D eigenvalue weighted by Crippen LogP contribution is 2.41. The highest BCUT2D eigenvalue weighted by Gasteiger charge is 2.36. The van der Waals surface area contributed by atoms with Crippen molar-refractivity contribution >= 4 is 35.1 Å². The molecule has 3 amide bonds. The Kier molecular flexibility index (Phi) is 9.27. The molecule has 0 spiro atoms. The summed E-state index contributed by atoms with van der Waals surface area (Å²) in [5.41, 5.74) is 5.04. The number of fused-ring (bicyclic) bond motifs is 2. The van der Waals surface area contributed by atoms with Crippen LogP contribution in [0.25, 0.3) is 0 Å². The van der Waals surface area contributed by atoms with Crippen LogP contribution in [0.15, 0.2) is 30.5 Å². The van der Waals surface area contributed by atoms with E-state index in [-0.39, 0.29) is 12.1 Å². The summed E-state index contributed by atoms with van der Waals surface area (Å²) in [5.74, 6) is 2.10. The number of pyridine rings is 1. The number of aryl methyl sites for hydroxylation is 2. The molecule has 2 aromatic rings. The highest BCUT2D eigenvalue weighted by atomic mass is 35.5. The van der Waals surface area contributed by atoms with E-state index >= 15 is 0 Å². The number of likely N-dealkylation sites (tertiary alicyclic amines) is 3. The smallest absolute Gasteiger partial charge is 0.317 e. The predicted molar refractivity (Wildman–Crippen MR) is 167 cm³/mol. The van der Waals surface area contributed by atoms with Gasteiger partial charge in [-0.15, -0.1) is 0 Å². The van der Waals surface area contributed by atoms with Gasteiger partial charge in [0.2, 0.25) is 5.91 Å². The SMILES string of the molecule is CNC(=O)N1CCC(CC(=O)N2CCC(C3CCN(C4c5ccc(Cl)cc5CCc5cc(Cl)cnc54)CC3)CC2)CC1. The molecular formula is C33H43Cl2N5O2. The quantitative estimate of drug-likeness (QED) is 0.462. The lowest BCUT2D eigenvalue weighted by Gasteiger charge is -2.43. The number of piperidine rings is 3. The van der Waals surface area contributed by atoms with Crippen LogP contribution in [0.3, 0.4) is 0 Å². The van der Waals surface area contributed by atoms with E-state index < -0.39 is 0 Å². The van der Waals surface area contributed by atoms with Gasteiger partial charge in [-0.05, 0) is 117 Å². The number of urea groups is 1. The lowest BCUT2D eigenvalue weighted by atomic mass is 9.78. The molecule has 1 unspecified atom stereocenters. The summed E-state index contributed by atoms with van der Waals surface area (Å²) in [7, 11) is 1.67. The molecule has 6 rings (SSSR count). The molecule has 0 radical (unpaired) electrons. The first-order valence-corrected chi connectivity index (χ1v) is 16.6. The zero-order valence-electron chi connectivity index (χ0n) is 24.7. The van der Waals surface area contributed by atoms with Crippen LogP contribution in [0.4, 0.5) is 4.79 Å². The summed E-state index contributed by atoms with van der Waals surface area (Å²) in [6.45, 7) is 5.36. The molecule has 7 nitrogen and oxygen atoms in total. The Morgan fingerprint density at radius 3 is 2.14 bits per heavy atom. The molecule has 3 saturated heterocycles. The topological polar surface area (TPSA) is 68.8 Å².